The predicted molar refractivity (Wildman–Crippen MR) is 118 cm³/mol. The van der Waals surface area contributed by atoms with E-state index in [1.807, 2.05) is 12.1 Å². The van der Waals surface area contributed by atoms with E-state index in [0.29, 0.717) is 5.02 Å². The molecule has 0 saturated heterocycles. The van der Waals surface area contributed by atoms with Crippen molar-refractivity contribution in [1.29, 1.82) is 0 Å². The molecular formula is C23H40Cl3N. The fourth-order valence-corrected chi connectivity index (χ4v) is 4.04. The van der Waals surface area contributed by atoms with Crippen LogP contribution < -0.4 is 12.4 Å². The highest BCUT2D eigenvalue weighted by atomic mass is 35.5. The maximum absolute atomic E-state index is 6.32. The number of benzene rings is 1. The van der Waals surface area contributed by atoms with E-state index in [1.165, 1.54) is 89.2 Å². The Labute approximate surface area is 184 Å². The molecule has 0 unspecified atom stereocenters. The van der Waals surface area contributed by atoms with Crippen LogP contribution in [0.1, 0.15) is 89.5 Å². The number of halogens is 3. The zero-order chi connectivity index (χ0) is 19.3. The van der Waals surface area contributed by atoms with Gasteiger partial charge in [-0.15, -0.1) is 0 Å². The molecule has 0 aliphatic rings. The van der Waals surface area contributed by atoms with Gasteiger partial charge in [0.05, 0.1) is 25.7 Å². The normalized spacial score (nSPS) is 11.4. The van der Waals surface area contributed by atoms with Gasteiger partial charge in [-0.25, -0.2) is 0 Å². The number of hydrogen-bond donors (Lipinski definition) is 0. The van der Waals surface area contributed by atoms with Crippen molar-refractivity contribution in [3.05, 3.63) is 33.8 Å². The van der Waals surface area contributed by atoms with Gasteiger partial charge >= 0.3 is 0 Å². The van der Waals surface area contributed by atoms with Crippen molar-refractivity contribution in [3.63, 3.8) is 0 Å². The molecule has 0 bridgehead atoms. The Kier molecular flexibility index (Phi) is 15.9. The van der Waals surface area contributed by atoms with E-state index < -0.39 is 0 Å². The molecule has 0 heterocycles. The fourth-order valence-electron chi connectivity index (χ4n) is 3.57. The van der Waals surface area contributed by atoms with Gasteiger partial charge < -0.3 is 16.9 Å². The zero-order valence-electron chi connectivity index (χ0n) is 17.7. The maximum atomic E-state index is 6.32. The van der Waals surface area contributed by atoms with Crippen LogP contribution in [-0.2, 0) is 6.54 Å². The Morgan fingerprint density at radius 3 is 1.70 bits per heavy atom. The molecule has 0 aromatic heterocycles. The zero-order valence-corrected chi connectivity index (χ0v) is 20.0. The molecule has 4 heteroatoms. The van der Waals surface area contributed by atoms with Crippen LogP contribution in [0.5, 0.6) is 0 Å². The molecule has 0 atom stereocenters. The van der Waals surface area contributed by atoms with Gasteiger partial charge in [-0.2, -0.15) is 0 Å². The van der Waals surface area contributed by atoms with E-state index in [9.17, 15) is 0 Å². The van der Waals surface area contributed by atoms with Crippen LogP contribution in [0.15, 0.2) is 18.2 Å². The summed E-state index contributed by atoms with van der Waals surface area (Å²) in [5, 5.41) is 1.50. The van der Waals surface area contributed by atoms with Crippen LogP contribution >= 0.6 is 23.2 Å². The highest BCUT2D eigenvalue weighted by Gasteiger charge is 2.17. The lowest BCUT2D eigenvalue weighted by Crippen LogP contribution is -3.00. The summed E-state index contributed by atoms with van der Waals surface area (Å²) in [7, 11) is 4.59. The summed E-state index contributed by atoms with van der Waals surface area (Å²) in [6, 6.07) is 5.85. The molecule has 0 amide bonds. The van der Waals surface area contributed by atoms with Crippen molar-refractivity contribution < 1.29 is 16.9 Å². The highest BCUT2D eigenvalue weighted by Crippen LogP contribution is 2.24. The lowest BCUT2D eigenvalue weighted by atomic mass is 10.1. The number of hydrogen-bond acceptors (Lipinski definition) is 0. The summed E-state index contributed by atoms with van der Waals surface area (Å²) in [6.07, 6.45) is 16.8. The predicted octanol–water partition coefficient (Wildman–Crippen LogP) is 5.27. The first-order valence-electron chi connectivity index (χ1n) is 10.7. The number of nitrogens with zero attached hydrogens (tertiary/aromatic N) is 1. The topological polar surface area (TPSA) is 0 Å². The lowest BCUT2D eigenvalue weighted by molar-refractivity contribution is -0.903. The summed E-state index contributed by atoms with van der Waals surface area (Å²) in [6.45, 7) is 4.46. The summed E-state index contributed by atoms with van der Waals surface area (Å²) in [5.41, 5.74) is 1.19. The second-order valence-corrected chi connectivity index (χ2v) is 9.29. The number of unbranched alkanes of at least 4 members (excludes halogenated alkanes) is 11. The molecular weight excluding hydrogens is 397 g/mol. The summed E-state index contributed by atoms with van der Waals surface area (Å²) in [4.78, 5) is 0. The van der Waals surface area contributed by atoms with Gasteiger partial charge in [-0.3, -0.25) is 0 Å². The fraction of sp³-hybridized carbons (Fsp3) is 0.739. The number of quaternary nitrogens is 1. The molecule has 0 spiro atoms. The molecule has 0 aliphatic heterocycles. The van der Waals surface area contributed by atoms with Gasteiger partial charge in [0.25, 0.3) is 0 Å². The molecule has 1 aromatic carbocycles. The first kappa shape index (κ1) is 27.0. The summed E-state index contributed by atoms with van der Waals surface area (Å²) >= 11 is 12.3. The van der Waals surface area contributed by atoms with E-state index in [2.05, 4.69) is 27.1 Å². The number of rotatable bonds is 15. The third-order valence-electron chi connectivity index (χ3n) is 5.23. The first-order valence-corrected chi connectivity index (χ1v) is 11.5. The first-order chi connectivity index (χ1) is 12.4. The van der Waals surface area contributed by atoms with Gasteiger partial charge in [0, 0.05) is 10.6 Å². The standard InChI is InChI=1S/C23H40Cl2N.ClH/c1-4-5-6-7-8-9-10-11-12-13-14-15-18-26(2,3)20-21-16-17-22(24)19-23(21)25;/h16-17,19H,4-15,18,20H2,1-3H3;1H/q+1;/p-1. The minimum Gasteiger partial charge on any atom is -1.00 e. The smallest absolute Gasteiger partial charge is 0.105 e. The third-order valence-corrected chi connectivity index (χ3v) is 5.82. The SMILES string of the molecule is CCCCCCCCCCCCCC[N+](C)(C)Cc1ccc(Cl)cc1Cl.[Cl-]. The van der Waals surface area contributed by atoms with Crippen LogP contribution in [0, 0.1) is 0 Å². The molecule has 0 radical (unpaired) electrons. The van der Waals surface area contributed by atoms with Crippen LogP contribution in [0.25, 0.3) is 0 Å². The van der Waals surface area contributed by atoms with E-state index in [-0.39, 0.29) is 12.4 Å². The van der Waals surface area contributed by atoms with Crippen molar-refractivity contribution in [1.82, 2.24) is 0 Å². The molecule has 0 fully saturated rings. The Morgan fingerprint density at radius 2 is 1.22 bits per heavy atom. The van der Waals surface area contributed by atoms with Crippen LogP contribution in [0.2, 0.25) is 10.0 Å². The molecule has 1 nitrogen and oxygen atoms in total. The minimum atomic E-state index is 0. The van der Waals surface area contributed by atoms with E-state index in [1.54, 1.807) is 0 Å². The van der Waals surface area contributed by atoms with Crippen LogP contribution in [0.4, 0.5) is 0 Å². The maximum Gasteiger partial charge on any atom is 0.105 e. The van der Waals surface area contributed by atoms with Gasteiger partial charge in [0.1, 0.15) is 6.54 Å². The highest BCUT2D eigenvalue weighted by molar-refractivity contribution is 6.35. The van der Waals surface area contributed by atoms with Gasteiger partial charge in [0.15, 0.2) is 0 Å². The van der Waals surface area contributed by atoms with Crippen molar-refractivity contribution in [2.24, 2.45) is 0 Å². The minimum absolute atomic E-state index is 0. The molecule has 27 heavy (non-hydrogen) atoms. The van der Waals surface area contributed by atoms with Crippen molar-refractivity contribution in [2.45, 2.75) is 90.5 Å². The van der Waals surface area contributed by atoms with E-state index in [0.717, 1.165) is 16.1 Å². The monoisotopic (exact) mass is 435 g/mol. The molecule has 0 N–H and O–H groups in total. The van der Waals surface area contributed by atoms with Gasteiger partial charge in [-0.05, 0) is 25.0 Å². The Hall–Kier alpha value is 0.0500. The van der Waals surface area contributed by atoms with Crippen molar-refractivity contribution in [3.8, 4) is 0 Å². The average molecular weight is 437 g/mol. The quantitative estimate of drug-likeness (QED) is 0.259. The second kappa shape index (κ2) is 15.9. The average Bonchev–Trinajstić information content (AvgIpc) is 2.58. The lowest BCUT2D eigenvalue weighted by Gasteiger charge is -2.30. The van der Waals surface area contributed by atoms with E-state index >= 15 is 0 Å². The largest absolute Gasteiger partial charge is 1.00 e. The van der Waals surface area contributed by atoms with Crippen molar-refractivity contribution >= 4 is 23.2 Å². The van der Waals surface area contributed by atoms with Crippen molar-refractivity contribution in [2.75, 3.05) is 20.6 Å². The molecule has 158 valence electrons. The molecule has 0 saturated carbocycles. The van der Waals surface area contributed by atoms with E-state index in [4.69, 9.17) is 23.2 Å². The van der Waals surface area contributed by atoms with Crippen LogP contribution in [0.3, 0.4) is 0 Å². The summed E-state index contributed by atoms with van der Waals surface area (Å²) in [5.74, 6) is 0. The molecule has 1 rings (SSSR count). The third kappa shape index (κ3) is 13.8. The Morgan fingerprint density at radius 1 is 0.741 bits per heavy atom. The molecule has 1 aromatic rings. The van der Waals surface area contributed by atoms with Crippen LogP contribution in [-0.4, -0.2) is 25.1 Å². The second-order valence-electron chi connectivity index (χ2n) is 8.44. The molecule has 0 aliphatic carbocycles. The summed E-state index contributed by atoms with van der Waals surface area (Å²) < 4.78 is 0.985. The Bertz CT molecular complexity index is 489. The Balaban J connectivity index is 0.00000676. The van der Waals surface area contributed by atoms with Gasteiger partial charge in [0.2, 0.25) is 0 Å². The van der Waals surface area contributed by atoms with Gasteiger partial charge in [-0.1, -0.05) is 100 Å².